The number of Topliss-reactive ketones (excluding diaryl/α,β-unsaturated/α-hetero) is 1. The van der Waals surface area contributed by atoms with E-state index in [-0.39, 0.29) is 12.4 Å². The van der Waals surface area contributed by atoms with E-state index in [0.717, 1.165) is 0 Å². The fraction of sp³-hybridized carbons (Fsp3) is 0.222. The van der Waals surface area contributed by atoms with Crippen LogP contribution in [0.2, 0.25) is 0 Å². The number of benzene rings is 1. The van der Waals surface area contributed by atoms with Gasteiger partial charge in [-0.15, -0.1) is 0 Å². The summed E-state index contributed by atoms with van der Waals surface area (Å²) in [7, 11) is 0. The van der Waals surface area contributed by atoms with Crippen LogP contribution in [0.15, 0.2) is 24.3 Å². The van der Waals surface area contributed by atoms with Crippen LogP contribution >= 0.6 is 0 Å². The Kier molecular flexibility index (Phi) is 1.59. The molecule has 12 heavy (non-hydrogen) atoms. The smallest absolute Gasteiger partial charge is 0.209 e. The Morgan fingerprint density at radius 2 is 2.17 bits per heavy atom. The largest absolute Gasteiger partial charge is 0.479 e. The highest BCUT2D eigenvalue weighted by atomic mass is 16.5. The van der Waals surface area contributed by atoms with Crippen molar-refractivity contribution in [3.63, 3.8) is 0 Å². The molecule has 0 radical (unpaired) electrons. The van der Waals surface area contributed by atoms with Crippen molar-refractivity contribution in [3.05, 3.63) is 29.8 Å². The van der Waals surface area contributed by atoms with Crippen LogP contribution < -0.4 is 4.74 Å². The van der Waals surface area contributed by atoms with Gasteiger partial charge in [0.2, 0.25) is 5.78 Å². The van der Waals surface area contributed by atoms with Crippen molar-refractivity contribution in [1.82, 2.24) is 0 Å². The number of ether oxygens (including phenoxy) is 1. The highest BCUT2D eigenvalue weighted by Crippen LogP contribution is 2.27. The summed E-state index contributed by atoms with van der Waals surface area (Å²) in [6.45, 7) is -0.256. The predicted octanol–water partition coefficient (Wildman–Crippen LogP) is 0.623. The molecule has 0 spiro atoms. The normalized spacial score (nSPS) is 20.4. The van der Waals surface area contributed by atoms with E-state index in [1.54, 1.807) is 24.3 Å². The van der Waals surface area contributed by atoms with Gasteiger partial charge in [0.1, 0.15) is 5.75 Å². The third-order valence-electron chi connectivity index (χ3n) is 1.88. The molecule has 1 aromatic rings. The van der Waals surface area contributed by atoms with E-state index in [1.807, 2.05) is 0 Å². The molecule has 3 heteroatoms. The van der Waals surface area contributed by atoms with Crippen LogP contribution in [-0.4, -0.2) is 23.6 Å². The minimum absolute atomic E-state index is 0.131. The molecule has 1 aliphatic rings. The lowest BCUT2D eigenvalue weighted by Gasteiger charge is -2.02. The zero-order valence-electron chi connectivity index (χ0n) is 6.36. The standard InChI is InChI=1S/C9H8O3/c10-5-8-9(11)6-3-1-2-4-7(6)12-8/h1-4,8,10H,5H2/t8-/m1/s1. The first-order valence-corrected chi connectivity index (χ1v) is 3.73. The number of hydrogen-bond acceptors (Lipinski definition) is 3. The van der Waals surface area contributed by atoms with E-state index in [4.69, 9.17) is 9.84 Å². The van der Waals surface area contributed by atoms with Gasteiger partial charge in [-0.3, -0.25) is 4.79 Å². The average molecular weight is 164 g/mol. The molecular formula is C9H8O3. The molecule has 1 atom stereocenters. The number of aliphatic hydroxyl groups is 1. The van der Waals surface area contributed by atoms with Gasteiger partial charge in [0.15, 0.2) is 6.10 Å². The molecule has 0 saturated carbocycles. The molecule has 3 nitrogen and oxygen atoms in total. The monoisotopic (exact) mass is 164 g/mol. The van der Waals surface area contributed by atoms with Crippen molar-refractivity contribution in [2.24, 2.45) is 0 Å². The Morgan fingerprint density at radius 1 is 1.42 bits per heavy atom. The highest BCUT2D eigenvalue weighted by Gasteiger charge is 2.30. The molecule has 0 fully saturated rings. The molecule has 0 amide bonds. The molecular weight excluding hydrogens is 156 g/mol. The minimum atomic E-state index is -0.692. The summed E-state index contributed by atoms with van der Waals surface area (Å²) in [6.07, 6.45) is -0.692. The van der Waals surface area contributed by atoms with E-state index in [2.05, 4.69) is 0 Å². The summed E-state index contributed by atoms with van der Waals surface area (Å²) in [5.74, 6) is 0.439. The summed E-state index contributed by atoms with van der Waals surface area (Å²) >= 11 is 0. The topological polar surface area (TPSA) is 46.5 Å². The maximum absolute atomic E-state index is 11.3. The quantitative estimate of drug-likeness (QED) is 0.662. The second kappa shape index (κ2) is 2.60. The van der Waals surface area contributed by atoms with Gasteiger partial charge in [-0.05, 0) is 12.1 Å². The molecule has 0 aliphatic carbocycles. The Balaban J connectivity index is 2.42. The van der Waals surface area contributed by atoms with Gasteiger partial charge >= 0.3 is 0 Å². The summed E-state index contributed by atoms with van der Waals surface area (Å²) in [6, 6.07) is 7.00. The van der Waals surface area contributed by atoms with Gasteiger partial charge in [-0.25, -0.2) is 0 Å². The van der Waals surface area contributed by atoms with Gasteiger partial charge in [0.05, 0.1) is 12.2 Å². The van der Waals surface area contributed by atoms with Gasteiger partial charge in [0, 0.05) is 0 Å². The second-order valence-corrected chi connectivity index (χ2v) is 2.65. The number of rotatable bonds is 1. The Morgan fingerprint density at radius 3 is 2.83 bits per heavy atom. The third-order valence-corrected chi connectivity index (χ3v) is 1.88. The van der Waals surface area contributed by atoms with E-state index in [0.29, 0.717) is 11.3 Å². The van der Waals surface area contributed by atoms with Crippen molar-refractivity contribution < 1.29 is 14.6 Å². The van der Waals surface area contributed by atoms with Gasteiger partial charge in [0.25, 0.3) is 0 Å². The first-order valence-electron chi connectivity index (χ1n) is 3.73. The third kappa shape index (κ3) is 0.905. The number of fused-ring (bicyclic) bond motifs is 1. The van der Waals surface area contributed by atoms with Gasteiger partial charge < -0.3 is 9.84 Å². The maximum atomic E-state index is 11.3. The molecule has 62 valence electrons. The Hall–Kier alpha value is -1.35. The van der Waals surface area contributed by atoms with Crippen LogP contribution in [0, 0.1) is 0 Å². The van der Waals surface area contributed by atoms with Gasteiger partial charge in [-0.1, -0.05) is 12.1 Å². The molecule has 2 rings (SSSR count). The molecule has 1 aliphatic heterocycles. The van der Waals surface area contributed by atoms with E-state index in [1.165, 1.54) is 0 Å². The fourth-order valence-corrected chi connectivity index (χ4v) is 1.27. The lowest BCUT2D eigenvalue weighted by atomic mass is 10.1. The zero-order valence-corrected chi connectivity index (χ0v) is 6.36. The van der Waals surface area contributed by atoms with Crippen LogP contribution in [0.3, 0.4) is 0 Å². The van der Waals surface area contributed by atoms with Crippen LogP contribution in [-0.2, 0) is 0 Å². The zero-order chi connectivity index (χ0) is 8.55. The number of carbonyl (C=O) groups is 1. The predicted molar refractivity (Wildman–Crippen MR) is 42.3 cm³/mol. The first-order chi connectivity index (χ1) is 5.83. The molecule has 0 aromatic heterocycles. The lowest BCUT2D eigenvalue weighted by Crippen LogP contribution is -2.24. The van der Waals surface area contributed by atoms with E-state index >= 15 is 0 Å². The highest BCUT2D eigenvalue weighted by molar-refractivity contribution is 6.04. The second-order valence-electron chi connectivity index (χ2n) is 2.65. The van der Waals surface area contributed by atoms with Crippen molar-refractivity contribution in [1.29, 1.82) is 0 Å². The summed E-state index contributed by atoms with van der Waals surface area (Å²) in [4.78, 5) is 11.3. The molecule has 0 unspecified atom stereocenters. The molecule has 0 saturated heterocycles. The van der Waals surface area contributed by atoms with Crippen LogP contribution in [0.1, 0.15) is 10.4 Å². The molecule has 1 heterocycles. The van der Waals surface area contributed by atoms with Crippen molar-refractivity contribution in [3.8, 4) is 5.75 Å². The number of ketones is 1. The van der Waals surface area contributed by atoms with Crippen LogP contribution in [0.4, 0.5) is 0 Å². The Labute approximate surface area is 69.6 Å². The van der Waals surface area contributed by atoms with Crippen molar-refractivity contribution in [2.45, 2.75) is 6.10 Å². The summed E-state index contributed by atoms with van der Waals surface area (Å²) in [5, 5.41) is 8.76. The van der Waals surface area contributed by atoms with Gasteiger partial charge in [-0.2, -0.15) is 0 Å². The Bertz CT molecular complexity index is 319. The fourth-order valence-electron chi connectivity index (χ4n) is 1.27. The summed E-state index contributed by atoms with van der Waals surface area (Å²) in [5.41, 5.74) is 0.566. The SMILES string of the molecule is O=C1c2ccccc2O[C@@H]1CO. The van der Waals surface area contributed by atoms with Crippen molar-refractivity contribution in [2.75, 3.05) is 6.61 Å². The average Bonchev–Trinajstić information content (AvgIpc) is 2.44. The molecule has 1 aromatic carbocycles. The van der Waals surface area contributed by atoms with Crippen LogP contribution in [0.25, 0.3) is 0 Å². The van der Waals surface area contributed by atoms with E-state index in [9.17, 15) is 4.79 Å². The minimum Gasteiger partial charge on any atom is -0.479 e. The molecule has 1 N–H and O–H groups in total. The van der Waals surface area contributed by atoms with Crippen molar-refractivity contribution >= 4 is 5.78 Å². The maximum Gasteiger partial charge on any atom is 0.209 e. The number of para-hydroxylation sites is 1. The van der Waals surface area contributed by atoms with Crippen LogP contribution in [0.5, 0.6) is 5.75 Å². The molecule has 0 bridgehead atoms. The number of carbonyl (C=O) groups excluding carboxylic acids is 1. The lowest BCUT2D eigenvalue weighted by molar-refractivity contribution is 0.0742. The van der Waals surface area contributed by atoms with E-state index < -0.39 is 6.10 Å². The number of aliphatic hydroxyl groups excluding tert-OH is 1. The summed E-state index contributed by atoms with van der Waals surface area (Å²) < 4.78 is 5.17. The number of hydrogen-bond donors (Lipinski definition) is 1. The first kappa shape index (κ1) is 7.31.